The molecule has 19 heavy (non-hydrogen) atoms. The van der Waals surface area contributed by atoms with Crippen LogP contribution in [0, 0.1) is 0 Å². The van der Waals surface area contributed by atoms with Gasteiger partial charge in [-0.25, -0.2) is 0 Å². The Morgan fingerprint density at radius 1 is 1.37 bits per heavy atom. The topological polar surface area (TPSA) is 64.8 Å². The van der Waals surface area contributed by atoms with E-state index in [-0.39, 0.29) is 31.1 Å². The Hall–Kier alpha value is -1.96. The number of carbonyl (C=O) groups excluding carboxylic acids is 1. The molecule has 0 unspecified atom stereocenters. The summed E-state index contributed by atoms with van der Waals surface area (Å²) in [6.45, 7) is 0.244. The maximum absolute atomic E-state index is 12.3. The first-order chi connectivity index (χ1) is 8.87. The van der Waals surface area contributed by atoms with Gasteiger partial charge in [-0.05, 0) is 12.1 Å². The molecule has 0 spiro atoms. The zero-order chi connectivity index (χ0) is 14.0. The van der Waals surface area contributed by atoms with Crippen molar-refractivity contribution in [2.75, 3.05) is 30.4 Å². The van der Waals surface area contributed by atoms with E-state index in [1.165, 1.54) is 17.0 Å². The van der Waals surface area contributed by atoms with Crippen LogP contribution in [0.4, 0.5) is 24.5 Å². The monoisotopic (exact) mass is 276 g/mol. The number of nitrogens with zero attached hydrogens (tertiary/aromatic N) is 1. The number of alkyl halides is 3. The summed E-state index contributed by atoms with van der Waals surface area (Å²) in [7, 11) is 0. The third-order valence-electron chi connectivity index (χ3n) is 2.49. The lowest BCUT2D eigenvalue weighted by atomic mass is 10.2. The number of hydrogen-bond donors (Lipinski definition) is 1. The summed E-state index contributed by atoms with van der Waals surface area (Å²) in [6, 6.07) is 3.76. The average Bonchev–Trinajstić information content (AvgIpc) is 2.28. The standard InChI is InChI=1S/C11H11F3N2O3/c12-11(13,14)19-9-5-7(15)1-2-8(9)16-3-4-18-6-10(16)17/h1-2,5H,3-4,6,15H2. The van der Waals surface area contributed by atoms with Crippen molar-refractivity contribution in [3.05, 3.63) is 18.2 Å². The Morgan fingerprint density at radius 3 is 2.74 bits per heavy atom. The molecule has 0 saturated carbocycles. The van der Waals surface area contributed by atoms with Gasteiger partial charge in [0.1, 0.15) is 6.61 Å². The second-order valence-corrected chi connectivity index (χ2v) is 3.87. The quantitative estimate of drug-likeness (QED) is 0.832. The number of ether oxygens (including phenoxy) is 2. The number of carbonyl (C=O) groups is 1. The fourth-order valence-electron chi connectivity index (χ4n) is 1.73. The van der Waals surface area contributed by atoms with Gasteiger partial charge in [-0.15, -0.1) is 13.2 Å². The van der Waals surface area contributed by atoms with Crippen molar-refractivity contribution < 1.29 is 27.4 Å². The smallest absolute Gasteiger partial charge is 0.403 e. The molecule has 5 nitrogen and oxygen atoms in total. The molecule has 104 valence electrons. The fraction of sp³-hybridized carbons (Fsp3) is 0.364. The molecule has 0 atom stereocenters. The second kappa shape index (κ2) is 4.96. The van der Waals surface area contributed by atoms with Gasteiger partial charge in [-0.2, -0.15) is 0 Å². The molecule has 1 aromatic carbocycles. The van der Waals surface area contributed by atoms with E-state index in [1.807, 2.05) is 0 Å². The Bertz CT molecular complexity index is 491. The summed E-state index contributed by atoms with van der Waals surface area (Å²) in [5.41, 5.74) is 5.58. The van der Waals surface area contributed by atoms with Crippen LogP contribution in [0.3, 0.4) is 0 Å². The largest absolute Gasteiger partial charge is 0.573 e. The third-order valence-corrected chi connectivity index (χ3v) is 2.49. The first-order valence-corrected chi connectivity index (χ1v) is 5.40. The number of amides is 1. The van der Waals surface area contributed by atoms with Crippen LogP contribution in [0.2, 0.25) is 0 Å². The van der Waals surface area contributed by atoms with Gasteiger partial charge in [-0.3, -0.25) is 4.79 Å². The number of rotatable bonds is 2. The number of anilines is 2. The molecule has 0 aliphatic carbocycles. The van der Waals surface area contributed by atoms with E-state index < -0.39 is 18.0 Å². The minimum atomic E-state index is -4.85. The van der Waals surface area contributed by atoms with E-state index in [2.05, 4.69) is 4.74 Å². The minimum Gasteiger partial charge on any atom is -0.403 e. The summed E-state index contributed by atoms with van der Waals surface area (Å²) in [4.78, 5) is 12.8. The highest BCUT2D eigenvalue weighted by Crippen LogP contribution is 2.35. The highest BCUT2D eigenvalue weighted by atomic mass is 19.4. The van der Waals surface area contributed by atoms with Gasteiger partial charge in [0.15, 0.2) is 5.75 Å². The lowest BCUT2D eigenvalue weighted by molar-refractivity contribution is -0.274. The van der Waals surface area contributed by atoms with Crippen molar-refractivity contribution in [3.8, 4) is 5.75 Å². The number of benzene rings is 1. The fourth-order valence-corrected chi connectivity index (χ4v) is 1.73. The lowest BCUT2D eigenvalue weighted by Gasteiger charge is -2.28. The van der Waals surface area contributed by atoms with Gasteiger partial charge in [0.2, 0.25) is 0 Å². The molecular formula is C11H11F3N2O3. The Labute approximate surface area is 106 Å². The molecule has 1 aliphatic rings. The number of hydrogen-bond acceptors (Lipinski definition) is 4. The van der Waals surface area contributed by atoms with Crippen LogP contribution < -0.4 is 15.4 Å². The van der Waals surface area contributed by atoms with Gasteiger partial charge in [0, 0.05) is 18.3 Å². The molecule has 1 aliphatic heterocycles. The zero-order valence-electron chi connectivity index (χ0n) is 9.74. The van der Waals surface area contributed by atoms with Crippen LogP contribution in [0.1, 0.15) is 0 Å². The number of morpholine rings is 1. The highest BCUT2D eigenvalue weighted by Gasteiger charge is 2.34. The summed E-state index contributed by atoms with van der Waals surface area (Å²) < 4.78 is 45.8. The van der Waals surface area contributed by atoms with E-state index >= 15 is 0 Å². The average molecular weight is 276 g/mol. The van der Waals surface area contributed by atoms with Gasteiger partial charge in [-0.1, -0.05) is 0 Å². The maximum Gasteiger partial charge on any atom is 0.573 e. The number of halogens is 3. The van der Waals surface area contributed by atoms with Gasteiger partial charge >= 0.3 is 6.36 Å². The van der Waals surface area contributed by atoms with Crippen LogP contribution >= 0.6 is 0 Å². The van der Waals surface area contributed by atoms with Crippen LogP contribution in [0.15, 0.2) is 18.2 Å². The van der Waals surface area contributed by atoms with Gasteiger partial charge in [0.05, 0.1) is 12.3 Å². The lowest BCUT2D eigenvalue weighted by Crippen LogP contribution is -2.42. The first kappa shape index (κ1) is 13.5. The third kappa shape index (κ3) is 3.28. The van der Waals surface area contributed by atoms with Crippen molar-refractivity contribution in [1.29, 1.82) is 0 Å². The minimum absolute atomic E-state index is 0.0276. The summed E-state index contributed by atoms with van der Waals surface area (Å²) in [5.74, 6) is -0.925. The maximum atomic E-state index is 12.3. The zero-order valence-corrected chi connectivity index (χ0v) is 9.74. The van der Waals surface area contributed by atoms with E-state index in [4.69, 9.17) is 10.5 Å². The molecule has 0 aromatic heterocycles. The van der Waals surface area contributed by atoms with Crippen molar-refractivity contribution in [3.63, 3.8) is 0 Å². The molecule has 0 radical (unpaired) electrons. The van der Waals surface area contributed by atoms with Crippen molar-refractivity contribution in [2.24, 2.45) is 0 Å². The van der Waals surface area contributed by atoms with Crippen molar-refractivity contribution in [2.45, 2.75) is 6.36 Å². The van der Waals surface area contributed by atoms with Crippen LogP contribution in [0.5, 0.6) is 5.75 Å². The van der Waals surface area contributed by atoms with E-state index in [9.17, 15) is 18.0 Å². The summed E-state index contributed by atoms with van der Waals surface area (Å²) in [5, 5.41) is 0. The highest BCUT2D eigenvalue weighted by molar-refractivity contribution is 5.96. The molecule has 2 N–H and O–H groups in total. The molecule has 1 aromatic rings. The molecule has 0 bridgehead atoms. The predicted molar refractivity (Wildman–Crippen MR) is 60.7 cm³/mol. The first-order valence-electron chi connectivity index (χ1n) is 5.40. The SMILES string of the molecule is Nc1ccc(N2CCOCC2=O)c(OC(F)(F)F)c1. The molecule has 1 fully saturated rings. The van der Waals surface area contributed by atoms with E-state index in [1.54, 1.807) is 0 Å². The van der Waals surface area contributed by atoms with Crippen molar-refractivity contribution in [1.82, 2.24) is 0 Å². The number of nitrogen functional groups attached to an aromatic ring is 1. The molecule has 2 rings (SSSR count). The molecule has 1 heterocycles. The Balaban J connectivity index is 2.35. The predicted octanol–water partition coefficient (Wildman–Crippen LogP) is 1.53. The van der Waals surface area contributed by atoms with Gasteiger partial charge < -0.3 is 20.1 Å². The van der Waals surface area contributed by atoms with Gasteiger partial charge in [0.25, 0.3) is 5.91 Å². The molecule has 1 saturated heterocycles. The summed E-state index contributed by atoms with van der Waals surface area (Å²) in [6.07, 6.45) is -4.85. The van der Waals surface area contributed by atoms with E-state index in [0.29, 0.717) is 0 Å². The molecule has 8 heteroatoms. The van der Waals surface area contributed by atoms with E-state index in [0.717, 1.165) is 6.07 Å². The Morgan fingerprint density at radius 2 is 2.11 bits per heavy atom. The molecular weight excluding hydrogens is 265 g/mol. The Kier molecular flexibility index (Phi) is 3.52. The normalized spacial score (nSPS) is 16.6. The summed E-state index contributed by atoms with van der Waals surface area (Å²) >= 11 is 0. The number of nitrogens with two attached hydrogens (primary N) is 1. The van der Waals surface area contributed by atoms with Crippen LogP contribution in [0.25, 0.3) is 0 Å². The van der Waals surface area contributed by atoms with Crippen molar-refractivity contribution >= 4 is 17.3 Å². The van der Waals surface area contributed by atoms with Crippen LogP contribution in [-0.4, -0.2) is 32.0 Å². The molecule has 1 amide bonds. The van der Waals surface area contributed by atoms with Crippen LogP contribution in [-0.2, 0) is 9.53 Å². The second-order valence-electron chi connectivity index (χ2n) is 3.87.